The van der Waals surface area contributed by atoms with E-state index in [1.807, 2.05) is 43.3 Å². The van der Waals surface area contributed by atoms with E-state index >= 15 is 0 Å². The summed E-state index contributed by atoms with van der Waals surface area (Å²) in [5.41, 5.74) is 4.44. The van der Waals surface area contributed by atoms with Gasteiger partial charge in [0.15, 0.2) is 6.29 Å². The Hall–Kier alpha value is -2.42. The first-order valence-corrected chi connectivity index (χ1v) is 5.79. The third-order valence-corrected chi connectivity index (χ3v) is 3.14. The van der Waals surface area contributed by atoms with Gasteiger partial charge in [-0.25, -0.2) is 4.98 Å². The quantitative estimate of drug-likeness (QED) is 0.693. The van der Waals surface area contributed by atoms with Crippen LogP contribution in [0.4, 0.5) is 0 Å². The Labute approximate surface area is 104 Å². The molecule has 3 heteroatoms. The maximum atomic E-state index is 11.3. The molecule has 0 aliphatic carbocycles. The Bertz CT molecular complexity index is 728. The number of hydrogen-bond acceptors (Lipinski definition) is 2. The van der Waals surface area contributed by atoms with Crippen LogP contribution in [-0.4, -0.2) is 16.3 Å². The summed E-state index contributed by atoms with van der Waals surface area (Å²) in [6, 6.07) is 11.7. The van der Waals surface area contributed by atoms with Crippen LogP contribution in [0.15, 0.2) is 42.6 Å². The molecule has 1 N–H and O–H groups in total. The maximum Gasteiger partial charge on any atom is 0.152 e. The number of aldehydes is 1. The predicted molar refractivity (Wildman–Crippen MR) is 71.7 cm³/mol. The number of carbonyl (C=O) groups excluding carboxylic acids is 1. The van der Waals surface area contributed by atoms with Gasteiger partial charge in [0.1, 0.15) is 5.65 Å². The number of aryl methyl sites for hydroxylation is 1. The lowest BCUT2D eigenvalue weighted by atomic mass is 10.0. The number of pyridine rings is 1. The van der Waals surface area contributed by atoms with Crippen LogP contribution >= 0.6 is 0 Å². The molecular formula is C15H12N2O. The summed E-state index contributed by atoms with van der Waals surface area (Å²) in [4.78, 5) is 18.8. The Morgan fingerprint density at radius 1 is 1.17 bits per heavy atom. The highest BCUT2D eigenvalue weighted by atomic mass is 16.1. The van der Waals surface area contributed by atoms with Gasteiger partial charge in [0.25, 0.3) is 0 Å². The van der Waals surface area contributed by atoms with E-state index in [9.17, 15) is 4.79 Å². The summed E-state index contributed by atoms with van der Waals surface area (Å²) in [7, 11) is 0. The lowest BCUT2D eigenvalue weighted by Crippen LogP contribution is -1.87. The van der Waals surface area contributed by atoms with E-state index in [0.29, 0.717) is 5.56 Å². The van der Waals surface area contributed by atoms with Crippen LogP contribution in [0, 0.1) is 6.92 Å². The van der Waals surface area contributed by atoms with Crippen molar-refractivity contribution < 1.29 is 4.79 Å². The van der Waals surface area contributed by atoms with Gasteiger partial charge >= 0.3 is 0 Å². The van der Waals surface area contributed by atoms with Crippen molar-refractivity contribution in [2.75, 3.05) is 0 Å². The zero-order valence-electron chi connectivity index (χ0n) is 9.97. The smallest absolute Gasteiger partial charge is 0.152 e. The highest BCUT2D eigenvalue weighted by Crippen LogP contribution is 2.29. The van der Waals surface area contributed by atoms with E-state index in [4.69, 9.17) is 0 Å². The SMILES string of the molecule is Cc1ccccc1-c1[nH]c2ncccc2c1C=O. The topological polar surface area (TPSA) is 45.8 Å². The van der Waals surface area contributed by atoms with Gasteiger partial charge in [-0.3, -0.25) is 4.79 Å². The minimum atomic E-state index is 0.674. The first-order chi connectivity index (χ1) is 8.81. The molecule has 0 unspecified atom stereocenters. The first kappa shape index (κ1) is 10.7. The minimum Gasteiger partial charge on any atom is -0.339 e. The lowest BCUT2D eigenvalue weighted by molar-refractivity contribution is 0.112. The molecule has 0 fully saturated rings. The lowest BCUT2D eigenvalue weighted by Gasteiger charge is -2.03. The summed E-state index contributed by atoms with van der Waals surface area (Å²) >= 11 is 0. The Balaban J connectivity index is 2.36. The highest BCUT2D eigenvalue weighted by molar-refractivity contribution is 6.03. The second-order valence-electron chi connectivity index (χ2n) is 4.25. The molecular weight excluding hydrogens is 224 g/mol. The molecule has 0 saturated heterocycles. The molecule has 18 heavy (non-hydrogen) atoms. The van der Waals surface area contributed by atoms with Crippen LogP contribution in [0.25, 0.3) is 22.3 Å². The summed E-state index contributed by atoms with van der Waals surface area (Å²) in [6.45, 7) is 2.03. The predicted octanol–water partition coefficient (Wildman–Crippen LogP) is 3.35. The van der Waals surface area contributed by atoms with Crippen LogP contribution in [0.5, 0.6) is 0 Å². The Morgan fingerprint density at radius 3 is 2.78 bits per heavy atom. The van der Waals surface area contributed by atoms with E-state index in [-0.39, 0.29) is 0 Å². The monoisotopic (exact) mass is 236 g/mol. The van der Waals surface area contributed by atoms with E-state index in [0.717, 1.165) is 34.1 Å². The summed E-state index contributed by atoms with van der Waals surface area (Å²) < 4.78 is 0. The number of aromatic nitrogens is 2. The van der Waals surface area contributed by atoms with Crippen molar-refractivity contribution >= 4 is 17.3 Å². The van der Waals surface area contributed by atoms with Crippen LogP contribution < -0.4 is 0 Å². The van der Waals surface area contributed by atoms with Crippen molar-refractivity contribution in [2.24, 2.45) is 0 Å². The van der Waals surface area contributed by atoms with Crippen molar-refractivity contribution in [2.45, 2.75) is 6.92 Å². The van der Waals surface area contributed by atoms with Gasteiger partial charge in [0.2, 0.25) is 0 Å². The van der Waals surface area contributed by atoms with Gasteiger partial charge in [-0.2, -0.15) is 0 Å². The average molecular weight is 236 g/mol. The molecule has 0 atom stereocenters. The molecule has 0 aliphatic rings. The fourth-order valence-electron chi connectivity index (χ4n) is 2.23. The molecule has 2 aromatic heterocycles. The van der Waals surface area contributed by atoms with E-state index in [1.165, 1.54) is 0 Å². The van der Waals surface area contributed by atoms with Gasteiger partial charge in [-0.15, -0.1) is 0 Å². The number of benzene rings is 1. The van der Waals surface area contributed by atoms with E-state index in [1.54, 1.807) is 6.20 Å². The number of carbonyl (C=O) groups is 1. The normalized spacial score (nSPS) is 10.7. The molecule has 3 nitrogen and oxygen atoms in total. The summed E-state index contributed by atoms with van der Waals surface area (Å²) in [5.74, 6) is 0. The fourth-order valence-corrected chi connectivity index (χ4v) is 2.23. The van der Waals surface area contributed by atoms with Crippen molar-refractivity contribution in [1.29, 1.82) is 0 Å². The molecule has 3 aromatic rings. The third-order valence-electron chi connectivity index (χ3n) is 3.14. The third kappa shape index (κ3) is 1.52. The molecule has 0 aliphatic heterocycles. The van der Waals surface area contributed by atoms with Crippen molar-refractivity contribution in [3.63, 3.8) is 0 Å². The van der Waals surface area contributed by atoms with Crippen LogP contribution in [0.1, 0.15) is 15.9 Å². The van der Waals surface area contributed by atoms with E-state index < -0.39 is 0 Å². The van der Waals surface area contributed by atoms with Crippen LogP contribution in [0.2, 0.25) is 0 Å². The van der Waals surface area contributed by atoms with Crippen LogP contribution in [0.3, 0.4) is 0 Å². The van der Waals surface area contributed by atoms with E-state index in [2.05, 4.69) is 9.97 Å². The zero-order valence-corrected chi connectivity index (χ0v) is 9.97. The molecule has 3 rings (SSSR count). The average Bonchev–Trinajstić information content (AvgIpc) is 2.77. The highest BCUT2D eigenvalue weighted by Gasteiger charge is 2.13. The van der Waals surface area contributed by atoms with Gasteiger partial charge in [0, 0.05) is 22.7 Å². The molecule has 88 valence electrons. The number of aromatic amines is 1. The first-order valence-electron chi connectivity index (χ1n) is 5.79. The van der Waals surface area contributed by atoms with Crippen molar-refractivity contribution in [3.8, 4) is 11.3 Å². The standard InChI is InChI=1S/C15H12N2O/c1-10-5-2-3-6-11(10)14-13(9-18)12-7-4-8-16-15(12)17-14/h2-9H,1H3,(H,16,17). The number of fused-ring (bicyclic) bond motifs is 1. The van der Waals surface area contributed by atoms with Gasteiger partial charge < -0.3 is 4.98 Å². The zero-order chi connectivity index (χ0) is 12.5. The maximum absolute atomic E-state index is 11.3. The number of hydrogen-bond donors (Lipinski definition) is 1. The van der Waals surface area contributed by atoms with Gasteiger partial charge in [-0.05, 0) is 24.6 Å². The second kappa shape index (κ2) is 4.11. The van der Waals surface area contributed by atoms with Gasteiger partial charge in [-0.1, -0.05) is 24.3 Å². The molecule has 2 heterocycles. The largest absolute Gasteiger partial charge is 0.339 e. The Kier molecular flexibility index (Phi) is 2.45. The molecule has 0 radical (unpaired) electrons. The number of rotatable bonds is 2. The van der Waals surface area contributed by atoms with Gasteiger partial charge in [0.05, 0.1) is 5.69 Å². The number of nitrogens with zero attached hydrogens (tertiary/aromatic N) is 1. The molecule has 0 spiro atoms. The van der Waals surface area contributed by atoms with Crippen LogP contribution in [-0.2, 0) is 0 Å². The van der Waals surface area contributed by atoms with Crippen molar-refractivity contribution in [1.82, 2.24) is 9.97 Å². The summed E-state index contributed by atoms with van der Waals surface area (Å²) in [6.07, 6.45) is 2.61. The molecule has 1 aromatic carbocycles. The van der Waals surface area contributed by atoms with Crippen molar-refractivity contribution in [3.05, 3.63) is 53.7 Å². The molecule has 0 saturated carbocycles. The molecule has 0 amide bonds. The summed E-state index contributed by atoms with van der Waals surface area (Å²) in [5, 5.41) is 0.866. The molecule has 0 bridgehead atoms. The number of nitrogens with one attached hydrogen (secondary N) is 1. The Morgan fingerprint density at radius 2 is 2.00 bits per heavy atom. The minimum absolute atomic E-state index is 0.674. The fraction of sp³-hybridized carbons (Fsp3) is 0.0667. The number of H-pyrrole nitrogens is 1. The second-order valence-corrected chi connectivity index (χ2v) is 4.25.